The number of unbranched alkanes of at least 4 members (excludes halogenated alkanes) is 1. The third-order valence-corrected chi connectivity index (χ3v) is 2.18. The van der Waals surface area contributed by atoms with Crippen molar-refractivity contribution in [3.63, 3.8) is 0 Å². The molecule has 0 unspecified atom stereocenters. The van der Waals surface area contributed by atoms with Gasteiger partial charge in [-0.15, -0.1) is 0 Å². The van der Waals surface area contributed by atoms with Gasteiger partial charge in [0.2, 0.25) is 5.91 Å². The zero-order chi connectivity index (χ0) is 12.6. The first-order valence-electron chi connectivity index (χ1n) is 5.18. The maximum Gasteiger partial charge on any atom is 0.303 e. The lowest BCUT2D eigenvalue weighted by atomic mass is 10.0. The Morgan fingerprint density at radius 2 is 1.62 bits per heavy atom. The second kappa shape index (κ2) is 7.19. The van der Waals surface area contributed by atoms with Gasteiger partial charge in [0, 0.05) is 12.8 Å². The summed E-state index contributed by atoms with van der Waals surface area (Å²) in [4.78, 5) is 21.5. The highest BCUT2D eigenvalue weighted by molar-refractivity contribution is 5.76. The van der Waals surface area contributed by atoms with Crippen LogP contribution in [0.4, 0.5) is 0 Å². The molecule has 0 aliphatic rings. The summed E-state index contributed by atoms with van der Waals surface area (Å²) in [6.07, 6.45) is 1.16. The number of hydrogen-bond donors (Lipinski definition) is 4. The highest BCUT2D eigenvalue weighted by Crippen LogP contribution is 2.04. The van der Waals surface area contributed by atoms with Crippen molar-refractivity contribution in [1.82, 2.24) is 5.32 Å². The van der Waals surface area contributed by atoms with Gasteiger partial charge in [0.1, 0.15) is 0 Å². The molecule has 0 bridgehead atoms. The summed E-state index contributed by atoms with van der Waals surface area (Å²) < 4.78 is 0. The van der Waals surface area contributed by atoms with Crippen molar-refractivity contribution in [1.29, 1.82) is 0 Å². The van der Waals surface area contributed by atoms with E-state index in [0.717, 1.165) is 0 Å². The highest BCUT2D eigenvalue weighted by atomic mass is 16.4. The molecule has 0 heterocycles. The van der Waals surface area contributed by atoms with Crippen LogP contribution in [-0.2, 0) is 9.59 Å². The van der Waals surface area contributed by atoms with Gasteiger partial charge in [0.25, 0.3) is 0 Å². The largest absolute Gasteiger partial charge is 0.481 e. The molecule has 6 nitrogen and oxygen atoms in total. The summed E-state index contributed by atoms with van der Waals surface area (Å²) in [6.45, 7) is 0.844. The molecule has 0 aliphatic heterocycles. The predicted molar refractivity (Wildman–Crippen MR) is 56.8 cm³/mol. The molecular formula is C10H19NO5. The molecule has 0 aliphatic carbocycles. The normalized spacial score (nSPS) is 11.2. The number of rotatable bonds is 8. The standard InChI is InChI=1S/C10H19NO5/c1-10(6-12,7-13)11-8(14)4-2-3-5-9(15)16/h12-13H,2-7H2,1H3,(H,11,14)(H,15,16). The van der Waals surface area contributed by atoms with Crippen molar-refractivity contribution in [2.75, 3.05) is 13.2 Å². The van der Waals surface area contributed by atoms with Crippen LogP contribution in [0.5, 0.6) is 0 Å². The Balaban J connectivity index is 3.77. The van der Waals surface area contributed by atoms with Gasteiger partial charge in [-0.2, -0.15) is 0 Å². The third kappa shape index (κ3) is 6.36. The van der Waals surface area contributed by atoms with Crippen LogP contribution in [0, 0.1) is 0 Å². The SMILES string of the molecule is CC(CO)(CO)NC(=O)CCCCC(=O)O. The summed E-state index contributed by atoms with van der Waals surface area (Å²) in [7, 11) is 0. The molecule has 16 heavy (non-hydrogen) atoms. The van der Waals surface area contributed by atoms with Gasteiger partial charge >= 0.3 is 5.97 Å². The molecule has 1 amide bonds. The molecule has 0 rings (SSSR count). The van der Waals surface area contributed by atoms with Crippen LogP contribution in [0.25, 0.3) is 0 Å². The van der Waals surface area contributed by atoms with Crippen LogP contribution in [0.2, 0.25) is 0 Å². The molecule has 0 atom stereocenters. The van der Waals surface area contributed by atoms with Crippen molar-refractivity contribution in [3.8, 4) is 0 Å². The van der Waals surface area contributed by atoms with Crippen LogP contribution in [0.1, 0.15) is 32.6 Å². The average Bonchev–Trinajstić information content (AvgIpc) is 2.24. The van der Waals surface area contributed by atoms with Crippen LogP contribution in [-0.4, -0.2) is 45.9 Å². The fourth-order valence-corrected chi connectivity index (χ4v) is 1.09. The molecule has 0 fully saturated rings. The van der Waals surface area contributed by atoms with E-state index >= 15 is 0 Å². The zero-order valence-corrected chi connectivity index (χ0v) is 9.40. The number of amides is 1. The number of aliphatic hydroxyl groups excluding tert-OH is 2. The Morgan fingerprint density at radius 3 is 2.06 bits per heavy atom. The van der Waals surface area contributed by atoms with Crippen molar-refractivity contribution in [2.45, 2.75) is 38.1 Å². The molecular weight excluding hydrogens is 214 g/mol. The Bertz CT molecular complexity index is 237. The van der Waals surface area contributed by atoms with Gasteiger partial charge in [0.05, 0.1) is 18.8 Å². The Kier molecular flexibility index (Phi) is 6.67. The molecule has 0 saturated heterocycles. The number of carbonyl (C=O) groups excluding carboxylic acids is 1. The van der Waals surface area contributed by atoms with E-state index in [1.807, 2.05) is 0 Å². The first kappa shape index (κ1) is 14.9. The third-order valence-electron chi connectivity index (χ3n) is 2.18. The molecule has 0 radical (unpaired) electrons. The Hall–Kier alpha value is -1.14. The molecule has 0 aromatic carbocycles. The number of carbonyl (C=O) groups is 2. The lowest BCUT2D eigenvalue weighted by Crippen LogP contribution is -2.51. The van der Waals surface area contributed by atoms with E-state index in [4.69, 9.17) is 15.3 Å². The topological polar surface area (TPSA) is 107 Å². The van der Waals surface area contributed by atoms with Crippen LogP contribution in [0.3, 0.4) is 0 Å². The van der Waals surface area contributed by atoms with Crippen molar-refractivity contribution in [3.05, 3.63) is 0 Å². The Morgan fingerprint density at radius 1 is 1.12 bits per heavy atom. The second-order valence-electron chi connectivity index (χ2n) is 4.03. The number of aliphatic carboxylic acids is 1. The van der Waals surface area contributed by atoms with Gasteiger partial charge in [-0.05, 0) is 19.8 Å². The summed E-state index contributed by atoms with van der Waals surface area (Å²) in [5.74, 6) is -1.17. The summed E-state index contributed by atoms with van der Waals surface area (Å²) >= 11 is 0. The van der Waals surface area contributed by atoms with E-state index in [2.05, 4.69) is 5.32 Å². The molecule has 94 valence electrons. The maximum absolute atomic E-state index is 11.3. The Labute approximate surface area is 94.3 Å². The first-order valence-corrected chi connectivity index (χ1v) is 5.18. The molecule has 0 aromatic heterocycles. The van der Waals surface area contributed by atoms with E-state index in [0.29, 0.717) is 12.8 Å². The molecule has 0 saturated carbocycles. The van der Waals surface area contributed by atoms with E-state index in [1.54, 1.807) is 0 Å². The van der Waals surface area contributed by atoms with Crippen LogP contribution < -0.4 is 5.32 Å². The average molecular weight is 233 g/mol. The minimum absolute atomic E-state index is 0.0462. The maximum atomic E-state index is 11.3. The minimum Gasteiger partial charge on any atom is -0.481 e. The zero-order valence-electron chi connectivity index (χ0n) is 9.40. The van der Waals surface area contributed by atoms with Crippen LogP contribution in [0.15, 0.2) is 0 Å². The van der Waals surface area contributed by atoms with E-state index in [1.165, 1.54) is 6.92 Å². The number of hydrogen-bond acceptors (Lipinski definition) is 4. The van der Waals surface area contributed by atoms with Crippen LogP contribution >= 0.6 is 0 Å². The molecule has 0 spiro atoms. The summed E-state index contributed by atoms with van der Waals surface area (Å²) in [6, 6.07) is 0. The van der Waals surface area contributed by atoms with Crippen molar-refractivity contribution in [2.24, 2.45) is 0 Å². The van der Waals surface area contributed by atoms with Crippen molar-refractivity contribution >= 4 is 11.9 Å². The van der Waals surface area contributed by atoms with Crippen molar-refractivity contribution < 1.29 is 24.9 Å². The number of aliphatic hydroxyl groups is 2. The summed E-state index contributed by atoms with van der Waals surface area (Å²) in [5, 5.41) is 28.7. The molecule has 0 aromatic rings. The number of carboxylic acids is 1. The fraction of sp³-hybridized carbons (Fsp3) is 0.800. The van der Waals surface area contributed by atoms with Gasteiger partial charge in [-0.25, -0.2) is 0 Å². The summed E-state index contributed by atoms with van der Waals surface area (Å²) in [5.41, 5.74) is -1.01. The van der Waals surface area contributed by atoms with Gasteiger partial charge in [-0.1, -0.05) is 0 Å². The lowest BCUT2D eigenvalue weighted by molar-refractivity contribution is -0.137. The number of nitrogens with one attached hydrogen (secondary N) is 1. The second-order valence-corrected chi connectivity index (χ2v) is 4.03. The molecule has 6 heteroatoms. The number of carboxylic acid groups (broad SMARTS) is 1. The molecule has 4 N–H and O–H groups in total. The quantitative estimate of drug-likeness (QED) is 0.422. The fourth-order valence-electron chi connectivity index (χ4n) is 1.09. The van der Waals surface area contributed by atoms with E-state index in [-0.39, 0.29) is 32.0 Å². The van der Waals surface area contributed by atoms with E-state index < -0.39 is 11.5 Å². The van der Waals surface area contributed by atoms with E-state index in [9.17, 15) is 9.59 Å². The monoisotopic (exact) mass is 233 g/mol. The highest BCUT2D eigenvalue weighted by Gasteiger charge is 2.23. The predicted octanol–water partition coefficient (Wildman–Crippen LogP) is -0.509. The van der Waals surface area contributed by atoms with Gasteiger partial charge < -0.3 is 20.6 Å². The smallest absolute Gasteiger partial charge is 0.303 e. The van der Waals surface area contributed by atoms with Gasteiger partial charge in [-0.3, -0.25) is 9.59 Å². The minimum atomic E-state index is -1.01. The lowest BCUT2D eigenvalue weighted by Gasteiger charge is -2.26. The first-order chi connectivity index (χ1) is 7.43. The van der Waals surface area contributed by atoms with Gasteiger partial charge in [0.15, 0.2) is 0 Å².